The van der Waals surface area contributed by atoms with Crippen LogP contribution in [-0.4, -0.2) is 38.3 Å². The molecule has 1 N–H and O–H groups in total. The van der Waals surface area contributed by atoms with Gasteiger partial charge in [-0.1, -0.05) is 17.7 Å². The number of rotatable bonds is 2. The van der Waals surface area contributed by atoms with E-state index >= 15 is 0 Å². The summed E-state index contributed by atoms with van der Waals surface area (Å²) in [6.45, 7) is -0.113. The second-order valence-electron chi connectivity index (χ2n) is 3.72. The molecule has 0 saturated heterocycles. The lowest BCUT2D eigenvalue weighted by Crippen LogP contribution is -2.38. The Kier molecular flexibility index (Phi) is 3.01. The standard InChI is InChI=1S/C10H10ClNO4S/c11-7-2-1-3-8-10(7)12(6-9(13)14)4-5-17(8,15)16/h1-3H,4-6H2,(H,13,14). The smallest absolute Gasteiger partial charge is 0.323 e. The lowest BCUT2D eigenvalue weighted by Gasteiger charge is -2.30. The fourth-order valence-electron chi connectivity index (χ4n) is 1.83. The number of carbonyl (C=O) groups is 1. The van der Waals surface area contributed by atoms with Gasteiger partial charge in [-0.2, -0.15) is 0 Å². The van der Waals surface area contributed by atoms with E-state index in [0.717, 1.165) is 0 Å². The Balaban J connectivity index is 2.57. The van der Waals surface area contributed by atoms with Crippen LogP contribution < -0.4 is 4.90 Å². The molecule has 5 nitrogen and oxygen atoms in total. The molecular formula is C10H10ClNO4S. The molecule has 0 unspecified atom stereocenters. The van der Waals surface area contributed by atoms with Crippen LogP contribution in [0.2, 0.25) is 5.02 Å². The van der Waals surface area contributed by atoms with Crippen LogP contribution in [0, 0.1) is 0 Å². The minimum atomic E-state index is -3.35. The van der Waals surface area contributed by atoms with Gasteiger partial charge < -0.3 is 10.0 Å². The van der Waals surface area contributed by atoms with E-state index < -0.39 is 15.8 Å². The number of carboxylic acids is 1. The molecule has 0 aromatic heterocycles. The van der Waals surface area contributed by atoms with Gasteiger partial charge in [0.25, 0.3) is 0 Å². The first-order chi connectivity index (χ1) is 7.92. The molecule has 0 fully saturated rings. The predicted octanol–water partition coefficient (Wildman–Crippen LogP) is 1.02. The number of benzene rings is 1. The Labute approximate surface area is 104 Å². The number of fused-ring (bicyclic) bond motifs is 1. The zero-order valence-electron chi connectivity index (χ0n) is 8.76. The summed E-state index contributed by atoms with van der Waals surface area (Å²) in [5.74, 6) is -1.11. The summed E-state index contributed by atoms with van der Waals surface area (Å²) >= 11 is 5.95. The Morgan fingerprint density at radius 3 is 2.82 bits per heavy atom. The third kappa shape index (κ3) is 2.23. The van der Waals surface area contributed by atoms with Gasteiger partial charge >= 0.3 is 5.97 Å². The van der Waals surface area contributed by atoms with Crippen molar-refractivity contribution in [2.75, 3.05) is 23.7 Å². The quantitative estimate of drug-likeness (QED) is 0.872. The molecule has 0 saturated carbocycles. The third-order valence-electron chi connectivity index (χ3n) is 2.56. The number of para-hydroxylation sites is 1. The molecule has 0 radical (unpaired) electrons. The van der Waals surface area contributed by atoms with Crippen molar-refractivity contribution >= 4 is 33.1 Å². The SMILES string of the molecule is O=C(O)CN1CCS(=O)(=O)c2cccc(Cl)c21. The van der Waals surface area contributed by atoms with Crippen molar-refractivity contribution in [2.24, 2.45) is 0 Å². The highest BCUT2D eigenvalue weighted by atomic mass is 35.5. The second-order valence-corrected chi connectivity index (χ2v) is 6.21. The summed E-state index contributed by atoms with van der Waals surface area (Å²) in [7, 11) is -3.35. The molecule has 0 atom stereocenters. The van der Waals surface area contributed by atoms with E-state index in [1.165, 1.54) is 11.0 Å². The molecular weight excluding hydrogens is 266 g/mol. The van der Waals surface area contributed by atoms with Gasteiger partial charge in [0, 0.05) is 6.54 Å². The maximum Gasteiger partial charge on any atom is 0.323 e. The lowest BCUT2D eigenvalue weighted by molar-refractivity contribution is -0.135. The van der Waals surface area contributed by atoms with Crippen LogP contribution >= 0.6 is 11.6 Å². The molecule has 1 aliphatic rings. The van der Waals surface area contributed by atoms with Crippen LogP contribution in [0.25, 0.3) is 0 Å². The van der Waals surface area contributed by atoms with Crippen molar-refractivity contribution in [3.05, 3.63) is 23.2 Å². The highest BCUT2D eigenvalue weighted by Gasteiger charge is 2.30. The van der Waals surface area contributed by atoms with E-state index in [9.17, 15) is 13.2 Å². The van der Waals surface area contributed by atoms with Crippen molar-refractivity contribution in [1.29, 1.82) is 0 Å². The Morgan fingerprint density at radius 1 is 1.47 bits per heavy atom. The van der Waals surface area contributed by atoms with E-state index in [1.54, 1.807) is 12.1 Å². The lowest BCUT2D eigenvalue weighted by atomic mass is 10.2. The molecule has 1 aromatic rings. The van der Waals surface area contributed by atoms with Crippen LogP contribution in [0.3, 0.4) is 0 Å². The van der Waals surface area contributed by atoms with Gasteiger partial charge in [0.1, 0.15) is 6.54 Å². The van der Waals surface area contributed by atoms with Crippen LogP contribution in [0.1, 0.15) is 0 Å². The largest absolute Gasteiger partial charge is 0.480 e. The number of carboxylic acid groups (broad SMARTS) is 1. The van der Waals surface area contributed by atoms with Crippen molar-refractivity contribution < 1.29 is 18.3 Å². The van der Waals surface area contributed by atoms with E-state index in [4.69, 9.17) is 16.7 Å². The maximum atomic E-state index is 11.8. The fraction of sp³-hybridized carbons (Fsp3) is 0.300. The highest BCUT2D eigenvalue weighted by molar-refractivity contribution is 7.91. The Morgan fingerprint density at radius 2 is 2.18 bits per heavy atom. The third-order valence-corrected chi connectivity index (χ3v) is 4.58. The van der Waals surface area contributed by atoms with Gasteiger partial charge in [0.05, 0.1) is 21.4 Å². The van der Waals surface area contributed by atoms with Crippen molar-refractivity contribution in [3.63, 3.8) is 0 Å². The summed E-state index contributed by atoms with van der Waals surface area (Å²) < 4.78 is 23.6. The molecule has 0 spiro atoms. The van der Waals surface area contributed by atoms with Gasteiger partial charge in [-0.3, -0.25) is 4.79 Å². The average Bonchev–Trinajstić information content (AvgIpc) is 2.22. The van der Waals surface area contributed by atoms with Gasteiger partial charge in [-0.15, -0.1) is 0 Å². The first-order valence-corrected chi connectivity index (χ1v) is 6.93. The fourth-order valence-corrected chi connectivity index (χ4v) is 3.68. The molecule has 2 rings (SSSR count). The number of hydrogen-bond acceptors (Lipinski definition) is 4. The Bertz CT molecular complexity index is 570. The first-order valence-electron chi connectivity index (χ1n) is 4.90. The number of halogens is 1. The predicted molar refractivity (Wildman–Crippen MR) is 63.4 cm³/mol. The molecule has 0 aliphatic carbocycles. The van der Waals surface area contributed by atoms with Crippen molar-refractivity contribution in [1.82, 2.24) is 0 Å². The molecule has 1 aromatic carbocycles. The summed E-state index contributed by atoms with van der Waals surface area (Å²) in [5.41, 5.74) is 0.294. The van der Waals surface area contributed by atoms with Gasteiger partial charge in [-0.25, -0.2) is 8.42 Å². The zero-order valence-corrected chi connectivity index (χ0v) is 10.3. The summed E-state index contributed by atoms with van der Waals surface area (Å²) in [6.07, 6.45) is 0. The van der Waals surface area contributed by atoms with Gasteiger partial charge in [0.2, 0.25) is 0 Å². The molecule has 0 amide bonds. The molecule has 7 heteroatoms. The monoisotopic (exact) mass is 275 g/mol. The van der Waals surface area contributed by atoms with Gasteiger partial charge in [-0.05, 0) is 12.1 Å². The minimum absolute atomic E-state index is 0.0897. The average molecular weight is 276 g/mol. The summed E-state index contributed by atoms with van der Waals surface area (Å²) in [4.78, 5) is 12.3. The molecule has 1 aliphatic heterocycles. The molecule has 1 heterocycles. The van der Waals surface area contributed by atoms with Crippen LogP contribution in [0.15, 0.2) is 23.1 Å². The van der Waals surface area contributed by atoms with Crippen molar-refractivity contribution in [2.45, 2.75) is 4.90 Å². The summed E-state index contributed by atoms with van der Waals surface area (Å²) in [6, 6.07) is 4.55. The zero-order chi connectivity index (χ0) is 12.6. The second kappa shape index (κ2) is 4.19. The topological polar surface area (TPSA) is 74.7 Å². The van der Waals surface area contributed by atoms with Gasteiger partial charge in [0.15, 0.2) is 9.84 Å². The Hall–Kier alpha value is -1.27. The van der Waals surface area contributed by atoms with Crippen LogP contribution in [-0.2, 0) is 14.6 Å². The molecule has 17 heavy (non-hydrogen) atoms. The number of anilines is 1. The number of nitrogens with zero attached hydrogens (tertiary/aromatic N) is 1. The van der Waals surface area contributed by atoms with Crippen molar-refractivity contribution in [3.8, 4) is 0 Å². The minimum Gasteiger partial charge on any atom is -0.480 e. The number of sulfone groups is 1. The summed E-state index contributed by atoms with van der Waals surface area (Å²) in [5, 5.41) is 9.03. The first kappa shape index (κ1) is 12.2. The maximum absolute atomic E-state index is 11.8. The molecule has 0 bridgehead atoms. The number of aliphatic carboxylic acids is 1. The van der Waals surface area contributed by atoms with E-state index in [2.05, 4.69) is 0 Å². The highest BCUT2D eigenvalue weighted by Crippen LogP contribution is 2.36. The van der Waals surface area contributed by atoms with Crippen LogP contribution in [0.4, 0.5) is 5.69 Å². The van der Waals surface area contributed by atoms with Crippen LogP contribution in [0.5, 0.6) is 0 Å². The molecule has 92 valence electrons. The normalized spacial score (nSPS) is 17.6. The number of hydrogen-bond donors (Lipinski definition) is 1. The van der Waals surface area contributed by atoms with E-state index in [1.807, 2.05) is 0 Å². The van der Waals surface area contributed by atoms with E-state index in [0.29, 0.717) is 5.69 Å². The van der Waals surface area contributed by atoms with E-state index in [-0.39, 0.29) is 28.8 Å².